The largest absolute Gasteiger partial charge is 0.461 e. The lowest BCUT2D eigenvalue weighted by atomic mass is 10.2. The van der Waals surface area contributed by atoms with Crippen molar-refractivity contribution >= 4 is 23.4 Å². The van der Waals surface area contributed by atoms with Crippen molar-refractivity contribution in [2.75, 3.05) is 26.3 Å². The first kappa shape index (κ1) is 23.4. The molecule has 1 aromatic heterocycles. The highest BCUT2D eigenvalue weighted by molar-refractivity contribution is 7.09. The molecule has 0 aromatic carbocycles. The molecule has 7 nitrogen and oxygen atoms in total. The molecule has 0 spiro atoms. The summed E-state index contributed by atoms with van der Waals surface area (Å²) in [7, 11) is 0. The number of aromatic nitrogens is 1. The Bertz CT molecular complexity index is 597. The number of amides is 1. The molecule has 1 unspecified atom stereocenters. The van der Waals surface area contributed by atoms with Crippen LogP contribution in [0.4, 0.5) is 4.79 Å². The van der Waals surface area contributed by atoms with Gasteiger partial charge >= 0.3 is 12.1 Å². The van der Waals surface area contributed by atoms with E-state index in [0.29, 0.717) is 43.4 Å². The molecular formula is C19H32N2O5S. The van der Waals surface area contributed by atoms with Gasteiger partial charge in [-0.15, -0.1) is 11.3 Å². The number of hydrogen-bond acceptors (Lipinski definition) is 7. The first-order chi connectivity index (χ1) is 12.7. The van der Waals surface area contributed by atoms with Crippen LogP contribution < -0.4 is 0 Å². The second kappa shape index (κ2) is 11.2. The van der Waals surface area contributed by atoms with Gasteiger partial charge in [-0.25, -0.2) is 14.6 Å². The summed E-state index contributed by atoms with van der Waals surface area (Å²) in [6.07, 6.45) is 0.794. The van der Waals surface area contributed by atoms with E-state index in [1.807, 2.05) is 34.6 Å². The van der Waals surface area contributed by atoms with E-state index in [9.17, 15) is 9.59 Å². The molecule has 0 fully saturated rings. The smallest absolute Gasteiger partial charge is 0.410 e. The summed E-state index contributed by atoms with van der Waals surface area (Å²) in [6.45, 7) is 13.2. The molecule has 154 valence electrons. The summed E-state index contributed by atoms with van der Waals surface area (Å²) >= 11 is 1.36. The number of rotatable bonds is 10. The first-order valence-corrected chi connectivity index (χ1v) is 10.3. The van der Waals surface area contributed by atoms with Gasteiger partial charge in [-0.3, -0.25) is 0 Å². The van der Waals surface area contributed by atoms with E-state index in [2.05, 4.69) is 4.98 Å². The number of nitrogens with zero attached hydrogens (tertiary/aromatic N) is 2. The molecule has 0 radical (unpaired) electrons. The quantitative estimate of drug-likeness (QED) is 0.541. The number of thiazole rings is 1. The Morgan fingerprint density at radius 3 is 2.44 bits per heavy atom. The third-order valence-corrected chi connectivity index (χ3v) is 4.39. The third-order valence-electron chi connectivity index (χ3n) is 3.46. The molecule has 1 amide bonds. The van der Waals surface area contributed by atoms with Crippen LogP contribution in [0.1, 0.15) is 76.0 Å². The van der Waals surface area contributed by atoms with Crippen LogP contribution in [0.25, 0.3) is 0 Å². The van der Waals surface area contributed by atoms with Crippen LogP contribution in [-0.2, 0) is 14.2 Å². The normalized spacial score (nSPS) is 12.5. The van der Waals surface area contributed by atoms with Crippen molar-refractivity contribution in [1.82, 2.24) is 9.88 Å². The number of esters is 1. The van der Waals surface area contributed by atoms with E-state index in [0.717, 1.165) is 6.42 Å². The van der Waals surface area contributed by atoms with Crippen LogP contribution in [0, 0.1) is 0 Å². The predicted molar refractivity (Wildman–Crippen MR) is 105 cm³/mol. The highest BCUT2D eigenvalue weighted by atomic mass is 32.1. The lowest BCUT2D eigenvalue weighted by Gasteiger charge is -2.28. The van der Waals surface area contributed by atoms with Gasteiger partial charge < -0.3 is 19.1 Å². The fraction of sp³-hybridized carbons (Fsp3) is 0.737. The average molecular weight is 401 g/mol. The maximum absolute atomic E-state index is 12.4. The Kier molecular flexibility index (Phi) is 9.73. The zero-order chi connectivity index (χ0) is 20.4. The minimum atomic E-state index is -0.535. The highest BCUT2D eigenvalue weighted by Crippen LogP contribution is 2.26. The highest BCUT2D eigenvalue weighted by Gasteiger charge is 2.24. The standard InChI is InChI=1S/C19H32N2O5S/c1-7-11-21(18(23)26-19(4,5)6)12-10-15(24-8-2)16-20-14(13-27-16)17(22)25-9-3/h13,15H,7-12H2,1-6H3. The molecule has 1 atom stereocenters. The predicted octanol–water partition coefficient (Wildman–Crippen LogP) is 4.43. The van der Waals surface area contributed by atoms with Crippen molar-refractivity contribution in [3.8, 4) is 0 Å². The molecule has 1 aromatic rings. The van der Waals surface area contributed by atoms with Crippen molar-refractivity contribution in [2.24, 2.45) is 0 Å². The van der Waals surface area contributed by atoms with E-state index in [4.69, 9.17) is 14.2 Å². The van der Waals surface area contributed by atoms with Crippen LogP contribution >= 0.6 is 11.3 Å². The number of carbonyl (C=O) groups excluding carboxylic acids is 2. The zero-order valence-corrected chi connectivity index (χ0v) is 18.1. The van der Waals surface area contributed by atoms with Crippen LogP contribution in [-0.4, -0.2) is 53.9 Å². The summed E-state index contributed by atoms with van der Waals surface area (Å²) in [5, 5.41) is 2.39. The van der Waals surface area contributed by atoms with E-state index in [-0.39, 0.29) is 12.2 Å². The van der Waals surface area contributed by atoms with Gasteiger partial charge in [-0.05, 0) is 47.5 Å². The first-order valence-electron chi connectivity index (χ1n) is 9.43. The summed E-state index contributed by atoms with van der Waals surface area (Å²) in [6, 6.07) is 0. The summed E-state index contributed by atoms with van der Waals surface area (Å²) < 4.78 is 16.3. The molecule has 0 aliphatic rings. The maximum atomic E-state index is 12.4. The molecule has 0 saturated heterocycles. The van der Waals surface area contributed by atoms with Gasteiger partial charge in [-0.2, -0.15) is 0 Å². The van der Waals surface area contributed by atoms with Gasteiger partial charge in [-0.1, -0.05) is 6.92 Å². The van der Waals surface area contributed by atoms with Crippen LogP contribution in [0.2, 0.25) is 0 Å². The van der Waals surface area contributed by atoms with Gasteiger partial charge in [0.15, 0.2) is 5.69 Å². The lowest BCUT2D eigenvalue weighted by molar-refractivity contribution is 0.0156. The minimum absolute atomic E-state index is 0.287. The maximum Gasteiger partial charge on any atom is 0.410 e. The molecule has 27 heavy (non-hydrogen) atoms. The third kappa shape index (κ3) is 8.26. The van der Waals surface area contributed by atoms with E-state index in [1.165, 1.54) is 11.3 Å². The monoisotopic (exact) mass is 400 g/mol. The second-order valence-electron chi connectivity index (χ2n) is 6.99. The molecule has 0 N–H and O–H groups in total. The Balaban J connectivity index is 2.79. The molecular weight excluding hydrogens is 368 g/mol. The van der Waals surface area contributed by atoms with Crippen molar-refractivity contribution in [1.29, 1.82) is 0 Å². The molecule has 1 heterocycles. The molecule has 1 rings (SSSR count). The molecule has 0 aliphatic carbocycles. The van der Waals surface area contributed by atoms with Crippen molar-refractivity contribution in [3.05, 3.63) is 16.1 Å². The topological polar surface area (TPSA) is 78.0 Å². The molecule has 0 bridgehead atoms. The van der Waals surface area contributed by atoms with E-state index in [1.54, 1.807) is 17.2 Å². The van der Waals surface area contributed by atoms with Gasteiger partial charge in [0.2, 0.25) is 0 Å². The Labute approximate surface area is 166 Å². The molecule has 8 heteroatoms. The zero-order valence-electron chi connectivity index (χ0n) is 17.2. The van der Waals surface area contributed by atoms with E-state index >= 15 is 0 Å². The Morgan fingerprint density at radius 2 is 1.89 bits per heavy atom. The van der Waals surface area contributed by atoms with Crippen molar-refractivity contribution in [2.45, 2.75) is 66.1 Å². The fourth-order valence-corrected chi connectivity index (χ4v) is 3.25. The second-order valence-corrected chi connectivity index (χ2v) is 7.88. The van der Waals surface area contributed by atoms with Gasteiger partial charge in [0, 0.05) is 25.1 Å². The Hall–Kier alpha value is -1.67. The van der Waals surface area contributed by atoms with Gasteiger partial charge in [0.1, 0.15) is 16.7 Å². The SMILES string of the molecule is CCCN(CCC(OCC)c1nc(C(=O)OCC)cs1)C(=O)OC(C)(C)C. The number of ether oxygens (including phenoxy) is 3. The van der Waals surface area contributed by atoms with Gasteiger partial charge in [0.05, 0.1) is 6.61 Å². The van der Waals surface area contributed by atoms with Crippen LogP contribution in [0.15, 0.2) is 5.38 Å². The van der Waals surface area contributed by atoms with Crippen molar-refractivity contribution < 1.29 is 23.8 Å². The lowest BCUT2D eigenvalue weighted by Crippen LogP contribution is -2.38. The van der Waals surface area contributed by atoms with Crippen molar-refractivity contribution in [3.63, 3.8) is 0 Å². The number of carbonyl (C=O) groups is 2. The minimum Gasteiger partial charge on any atom is -0.461 e. The summed E-state index contributed by atoms with van der Waals surface area (Å²) in [5.41, 5.74) is -0.245. The summed E-state index contributed by atoms with van der Waals surface area (Å²) in [5.74, 6) is -0.434. The molecule has 0 saturated carbocycles. The average Bonchev–Trinajstić information content (AvgIpc) is 3.06. The van der Waals surface area contributed by atoms with Crippen LogP contribution in [0.5, 0.6) is 0 Å². The van der Waals surface area contributed by atoms with Gasteiger partial charge in [0.25, 0.3) is 0 Å². The van der Waals surface area contributed by atoms with Crippen LogP contribution in [0.3, 0.4) is 0 Å². The molecule has 0 aliphatic heterocycles. The fourth-order valence-electron chi connectivity index (χ4n) is 2.38. The Morgan fingerprint density at radius 1 is 1.19 bits per heavy atom. The number of hydrogen-bond donors (Lipinski definition) is 0. The summed E-state index contributed by atoms with van der Waals surface area (Å²) in [4.78, 5) is 30.3. The van der Waals surface area contributed by atoms with E-state index < -0.39 is 11.6 Å².